The van der Waals surface area contributed by atoms with Crippen LogP contribution < -0.4 is 5.32 Å². The third-order valence-electron chi connectivity index (χ3n) is 5.27. The van der Waals surface area contributed by atoms with E-state index in [0.717, 1.165) is 4.90 Å². The van der Waals surface area contributed by atoms with Crippen LogP contribution in [0.3, 0.4) is 0 Å². The second-order valence-corrected chi connectivity index (χ2v) is 8.45. The molecule has 0 bridgehead atoms. The maximum atomic E-state index is 12.9. The first-order valence-electron chi connectivity index (χ1n) is 10.0. The molecule has 1 saturated heterocycles. The van der Waals surface area contributed by atoms with Gasteiger partial charge in [0, 0.05) is 10.7 Å². The summed E-state index contributed by atoms with van der Waals surface area (Å²) >= 11 is 5.89. The van der Waals surface area contributed by atoms with Crippen molar-refractivity contribution in [3.8, 4) is 0 Å². The smallest absolute Gasteiger partial charge is 0.329 e. The summed E-state index contributed by atoms with van der Waals surface area (Å²) in [5.74, 6) is -2.75. The van der Waals surface area contributed by atoms with Gasteiger partial charge in [0.2, 0.25) is 11.8 Å². The number of amides is 3. The molecular formula is C22H25ClN2O5. The normalized spacial score (nSPS) is 21.5. The van der Waals surface area contributed by atoms with Gasteiger partial charge in [0.15, 0.2) is 6.61 Å². The molecule has 0 radical (unpaired) electrons. The number of halogens is 1. The van der Waals surface area contributed by atoms with Gasteiger partial charge in [0.25, 0.3) is 5.91 Å². The Hall–Kier alpha value is -2.67. The number of esters is 1. The zero-order valence-electron chi connectivity index (χ0n) is 17.0. The van der Waals surface area contributed by atoms with Gasteiger partial charge < -0.3 is 10.1 Å². The first-order valence-corrected chi connectivity index (χ1v) is 10.4. The molecule has 1 aromatic rings. The molecule has 1 fully saturated rings. The lowest BCUT2D eigenvalue weighted by Crippen LogP contribution is -2.47. The third kappa shape index (κ3) is 4.90. The Labute approximate surface area is 180 Å². The largest absolute Gasteiger partial charge is 0.454 e. The van der Waals surface area contributed by atoms with E-state index in [4.69, 9.17) is 16.3 Å². The van der Waals surface area contributed by atoms with E-state index < -0.39 is 36.4 Å². The summed E-state index contributed by atoms with van der Waals surface area (Å²) in [6.45, 7) is 3.27. The van der Waals surface area contributed by atoms with Crippen LogP contribution in [0.1, 0.15) is 33.1 Å². The van der Waals surface area contributed by atoms with Crippen molar-refractivity contribution in [2.75, 3.05) is 11.9 Å². The fraction of sp³-hybridized carbons (Fsp3) is 0.455. The van der Waals surface area contributed by atoms with Crippen molar-refractivity contribution in [2.45, 2.75) is 39.2 Å². The summed E-state index contributed by atoms with van der Waals surface area (Å²) in [7, 11) is 0. The van der Waals surface area contributed by atoms with Crippen molar-refractivity contribution >= 4 is 41.0 Å². The van der Waals surface area contributed by atoms with Crippen molar-refractivity contribution in [1.82, 2.24) is 4.90 Å². The number of ether oxygens (including phenoxy) is 1. The maximum absolute atomic E-state index is 12.9. The molecule has 1 aromatic carbocycles. The van der Waals surface area contributed by atoms with E-state index in [-0.39, 0.29) is 24.2 Å². The van der Waals surface area contributed by atoms with Gasteiger partial charge in [-0.1, -0.05) is 43.7 Å². The predicted octanol–water partition coefficient (Wildman–Crippen LogP) is 3.19. The van der Waals surface area contributed by atoms with Gasteiger partial charge in [0.1, 0.15) is 6.04 Å². The van der Waals surface area contributed by atoms with Gasteiger partial charge in [0.05, 0.1) is 11.8 Å². The molecule has 30 heavy (non-hydrogen) atoms. The lowest BCUT2D eigenvalue weighted by Gasteiger charge is -2.26. The molecule has 1 aliphatic carbocycles. The van der Waals surface area contributed by atoms with E-state index in [1.807, 2.05) is 26.0 Å². The van der Waals surface area contributed by atoms with E-state index in [0.29, 0.717) is 23.6 Å². The summed E-state index contributed by atoms with van der Waals surface area (Å²) in [6, 6.07) is 5.55. The van der Waals surface area contributed by atoms with Gasteiger partial charge in [-0.15, -0.1) is 0 Å². The summed E-state index contributed by atoms with van der Waals surface area (Å²) in [4.78, 5) is 51.7. The minimum absolute atomic E-state index is 0.0455. The standard InChI is InChI=1S/C22H25ClN2O5/c1-13(2)10-18(25-20(27)16-8-3-4-9-17(16)21(25)28)22(29)30-12-19(26)24-15-7-5-6-14(23)11-15/h3-7,11,13,16-18H,8-10,12H2,1-2H3,(H,24,26)/t16-,17-,18-/m1/s1. The number of hydrogen-bond donors (Lipinski definition) is 1. The van der Waals surface area contributed by atoms with Crippen LogP contribution in [-0.4, -0.2) is 41.2 Å². The Morgan fingerprint density at radius 3 is 2.37 bits per heavy atom. The molecule has 0 aromatic heterocycles. The zero-order chi connectivity index (χ0) is 21.8. The molecule has 160 valence electrons. The minimum atomic E-state index is -1.03. The number of rotatable bonds is 7. The van der Waals surface area contributed by atoms with Crippen molar-refractivity contribution in [1.29, 1.82) is 0 Å². The molecule has 0 saturated carbocycles. The Kier molecular flexibility index (Phi) is 6.92. The first kappa shape index (κ1) is 22.0. The molecule has 1 heterocycles. The van der Waals surface area contributed by atoms with E-state index in [9.17, 15) is 19.2 Å². The van der Waals surface area contributed by atoms with Crippen molar-refractivity contribution in [2.24, 2.45) is 17.8 Å². The number of likely N-dealkylation sites (tertiary alicyclic amines) is 1. The van der Waals surface area contributed by atoms with E-state index in [1.54, 1.807) is 24.3 Å². The number of carbonyl (C=O) groups excluding carboxylic acids is 4. The second-order valence-electron chi connectivity index (χ2n) is 8.01. The van der Waals surface area contributed by atoms with Gasteiger partial charge >= 0.3 is 5.97 Å². The van der Waals surface area contributed by atoms with Crippen LogP contribution in [0.2, 0.25) is 5.02 Å². The third-order valence-corrected chi connectivity index (χ3v) is 5.51. The zero-order valence-corrected chi connectivity index (χ0v) is 17.7. The van der Waals surface area contributed by atoms with E-state index in [1.165, 1.54) is 0 Å². The average molecular weight is 433 g/mol. The molecule has 2 aliphatic rings. The highest BCUT2D eigenvalue weighted by Crippen LogP contribution is 2.37. The van der Waals surface area contributed by atoms with Crippen molar-refractivity contribution < 1.29 is 23.9 Å². The number of anilines is 1. The summed E-state index contributed by atoms with van der Waals surface area (Å²) < 4.78 is 5.19. The number of imide groups is 1. The predicted molar refractivity (Wildman–Crippen MR) is 111 cm³/mol. The van der Waals surface area contributed by atoms with Crippen LogP contribution >= 0.6 is 11.6 Å². The molecular weight excluding hydrogens is 408 g/mol. The number of nitrogens with zero attached hydrogens (tertiary/aromatic N) is 1. The minimum Gasteiger partial charge on any atom is -0.454 e. The van der Waals surface area contributed by atoms with Crippen LogP contribution in [0.5, 0.6) is 0 Å². The lowest BCUT2D eigenvalue weighted by atomic mass is 9.85. The number of benzene rings is 1. The Balaban J connectivity index is 1.66. The first-order chi connectivity index (χ1) is 14.3. The molecule has 0 spiro atoms. The number of carbonyl (C=O) groups is 4. The number of hydrogen-bond acceptors (Lipinski definition) is 5. The number of fused-ring (bicyclic) bond motifs is 1. The SMILES string of the molecule is CC(C)C[C@H](C(=O)OCC(=O)Nc1cccc(Cl)c1)N1C(=O)[C@@H]2CC=CC[C@H]2C1=O. The van der Waals surface area contributed by atoms with Gasteiger partial charge in [-0.05, 0) is 43.4 Å². The molecule has 0 unspecified atom stereocenters. The second kappa shape index (κ2) is 9.43. The Bertz CT molecular complexity index is 856. The fourth-order valence-corrected chi connectivity index (χ4v) is 4.07. The highest BCUT2D eigenvalue weighted by Gasteiger charge is 2.51. The fourth-order valence-electron chi connectivity index (χ4n) is 3.88. The molecule has 3 rings (SSSR count). The van der Waals surface area contributed by atoms with Crippen molar-refractivity contribution in [3.63, 3.8) is 0 Å². The molecule has 1 aliphatic heterocycles. The van der Waals surface area contributed by atoms with Crippen LogP contribution in [-0.2, 0) is 23.9 Å². The Morgan fingerprint density at radius 1 is 1.17 bits per heavy atom. The molecule has 7 nitrogen and oxygen atoms in total. The van der Waals surface area contributed by atoms with Gasteiger partial charge in [-0.25, -0.2) is 4.79 Å². The van der Waals surface area contributed by atoms with Gasteiger partial charge in [-0.3, -0.25) is 19.3 Å². The highest BCUT2D eigenvalue weighted by atomic mass is 35.5. The molecule has 3 amide bonds. The van der Waals surface area contributed by atoms with E-state index in [2.05, 4.69) is 5.32 Å². The molecule has 8 heteroatoms. The monoisotopic (exact) mass is 432 g/mol. The lowest BCUT2D eigenvalue weighted by molar-refractivity contribution is -0.160. The summed E-state index contributed by atoms with van der Waals surface area (Å²) in [6.07, 6.45) is 5.06. The van der Waals surface area contributed by atoms with Crippen LogP contribution in [0.25, 0.3) is 0 Å². The number of nitrogens with one attached hydrogen (secondary N) is 1. The quantitative estimate of drug-likeness (QED) is 0.406. The van der Waals surface area contributed by atoms with Crippen LogP contribution in [0.4, 0.5) is 5.69 Å². The van der Waals surface area contributed by atoms with Crippen molar-refractivity contribution in [3.05, 3.63) is 41.4 Å². The Morgan fingerprint density at radius 2 is 1.80 bits per heavy atom. The highest BCUT2D eigenvalue weighted by molar-refractivity contribution is 6.30. The average Bonchev–Trinajstić information content (AvgIpc) is 2.95. The van der Waals surface area contributed by atoms with E-state index >= 15 is 0 Å². The molecule has 1 N–H and O–H groups in total. The summed E-state index contributed by atoms with van der Waals surface area (Å²) in [5, 5.41) is 3.05. The van der Waals surface area contributed by atoms with Crippen LogP contribution in [0, 0.1) is 17.8 Å². The number of allylic oxidation sites excluding steroid dienone is 2. The summed E-state index contributed by atoms with van der Waals surface area (Å²) in [5.41, 5.74) is 0.476. The topological polar surface area (TPSA) is 92.8 Å². The molecule has 3 atom stereocenters. The maximum Gasteiger partial charge on any atom is 0.329 e. The van der Waals surface area contributed by atoms with Crippen LogP contribution in [0.15, 0.2) is 36.4 Å². The van der Waals surface area contributed by atoms with Gasteiger partial charge in [-0.2, -0.15) is 0 Å².